The standard InChI is InChI=1S/C35H59O13P/c1-3-4-5-6-7-8-9-10-11-12-13-14-15-16-17-18-19-20-21-22-23-24-29(37)47-28(25-45-27(2)36)26-46-49(43,44)48-35-33(41)31(39)30(38)32(40)34(35)42/h4-5,7-8,10-11,13-14,28,30-35,38-42H,3,6,9,12,15-26H2,1-2H3,(H,43,44)/b5-4-,8-7-,11-10-,14-13-. The van der Waals surface area contributed by atoms with E-state index in [-0.39, 0.29) is 6.42 Å². The van der Waals surface area contributed by atoms with Crippen molar-refractivity contribution in [2.24, 2.45) is 0 Å². The summed E-state index contributed by atoms with van der Waals surface area (Å²) in [5, 5.41) is 49.3. The van der Waals surface area contributed by atoms with Crippen LogP contribution in [-0.2, 0) is 32.7 Å². The zero-order chi connectivity index (χ0) is 36.5. The number of aliphatic hydroxyl groups is 5. The molecule has 49 heavy (non-hydrogen) atoms. The second-order valence-electron chi connectivity index (χ2n) is 12.1. The Hall–Kier alpha value is -2.19. The molecule has 14 heteroatoms. The molecule has 6 N–H and O–H groups in total. The average molecular weight is 719 g/mol. The van der Waals surface area contributed by atoms with Crippen LogP contribution in [-0.4, -0.2) is 98.3 Å². The van der Waals surface area contributed by atoms with Crippen molar-refractivity contribution in [3.63, 3.8) is 0 Å². The number of aliphatic hydroxyl groups excluding tert-OH is 5. The third-order valence-electron chi connectivity index (χ3n) is 7.74. The molecule has 0 bridgehead atoms. The van der Waals surface area contributed by atoms with E-state index >= 15 is 0 Å². The van der Waals surface area contributed by atoms with Gasteiger partial charge in [-0.3, -0.25) is 18.6 Å². The van der Waals surface area contributed by atoms with E-state index in [0.717, 1.165) is 77.6 Å². The number of esters is 2. The molecule has 0 spiro atoms. The van der Waals surface area contributed by atoms with Gasteiger partial charge in [0, 0.05) is 13.3 Å². The normalized spacial score (nSPS) is 25.0. The van der Waals surface area contributed by atoms with Gasteiger partial charge in [-0.25, -0.2) is 4.57 Å². The van der Waals surface area contributed by atoms with Crippen molar-refractivity contribution in [1.29, 1.82) is 0 Å². The number of carbonyl (C=O) groups is 2. The number of carbonyl (C=O) groups excluding carboxylic acids is 2. The molecule has 0 aliphatic heterocycles. The number of phosphoric acid groups is 1. The summed E-state index contributed by atoms with van der Waals surface area (Å²) in [5.74, 6) is -1.31. The van der Waals surface area contributed by atoms with Crippen molar-refractivity contribution in [2.75, 3.05) is 13.2 Å². The highest BCUT2D eigenvalue weighted by atomic mass is 31.2. The smallest absolute Gasteiger partial charge is 0.462 e. The van der Waals surface area contributed by atoms with Crippen LogP contribution in [0.1, 0.15) is 104 Å². The van der Waals surface area contributed by atoms with Gasteiger partial charge in [0.05, 0.1) is 6.61 Å². The van der Waals surface area contributed by atoms with Gasteiger partial charge in [0.15, 0.2) is 6.10 Å². The van der Waals surface area contributed by atoms with Crippen LogP contribution in [0, 0.1) is 0 Å². The van der Waals surface area contributed by atoms with Gasteiger partial charge in [-0.1, -0.05) is 94.1 Å². The molecule has 0 radical (unpaired) electrons. The van der Waals surface area contributed by atoms with Gasteiger partial charge < -0.3 is 39.9 Å². The van der Waals surface area contributed by atoms with Crippen molar-refractivity contribution in [2.45, 2.75) is 146 Å². The summed E-state index contributed by atoms with van der Waals surface area (Å²) in [6.45, 7) is 2.04. The van der Waals surface area contributed by atoms with E-state index in [0.29, 0.717) is 6.42 Å². The molecule has 1 rings (SSSR count). The predicted octanol–water partition coefficient (Wildman–Crippen LogP) is 4.49. The van der Waals surface area contributed by atoms with Crippen LogP contribution in [0.5, 0.6) is 0 Å². The molecule has 0 aromatic carbocycles. The van der Waals surface area contributed by atoms with E-state index < -0.39 is 75.7 Å². The molecule has 0 aromatic rings. The first kappa shape index (κ1) is 44.8. The van der Waals surface area contributed by atoms with Crippen molar-refractivity contribution in [3.05, 3.63) is 48.6 Å². The molecule has 6 atom stereocenters. The van der Waals surface area contributed by atoms with Crippen molar-refractivity contribution < 1.29 is 63.1 Å². The molecular formula is C35H59O13P. The summed E-state index contributed by atoms with van der Waals surface area (Å²) in [7, 11) is -5.08. The Bertz CT molecular complexity index is 1060. The van der Waals surface area contributed by atoms with Crippen LogP contribution in [0.15, 0.2) is 48.6 Å². The van der Waals surface area contributed by atoms with Crippen molar-refractivity contribution in [1.82, 2.24) is 0 Å². The van der Waals surface area contributed by atoms with Gasteiger partial charge in [0.2, 0.25) is 0 Å². The fourth-order valence-electron chi connectivity index (χ4n) is 4.94. The molecule has 1 saturated carbocycles. The van der Waals surface area contributed by atoms with Crippen LogP contribution >= 0.6 is 7.82 Å². The van der Waals surface area contributed by atoms with Crippen LogP contribution in [0.4, 0.5) is 0 Å². The minimum absolute atomic E-state index is 0.0806. The summed E-state index contributed by atoms with van der Waals surface area (Å²) in [6, 6.07) is 0. The second kappa shape index (κ2) is 26.6. The molecule has 13 nitrogen and oxygen atoms in total. The fourth-order valence-corrected chi connectivity index (χ4v) is 5.92. The van der Waals surface area contributed by atoms with E-state index in [4.69, 9.17) is 18.5 Å². The topological polar surface area (TPSA) is 210 Å². The van der Waals surface area contributed by atoms with E-state index in [9.17, 15) is 44.6 Å². The highest BCUT2D eigenvalue weighted by molar-refractivity contribution is 7.47. The molecule has 282 valence electrons. The zero-order valence-corrected chi connectivity index (χ0v) is 29.9. The Morgan fingerprint density at radius 3 is 1.67 bits per heavy atom. The van der Waals surface area contributed by atoms with Gasteiger partial charge in [-0.15, -0.1) is 0 Å². The third-order valence-corrected chi connectivity index (χ3v) is 8.73. The largest absolute Gasteiger partial charge is 0.472 e. The fraction of sp³-hybridized carbons (Fsp3) is 0.714. The first-order chi connectivity index (χ1) is 23.4. The summed E-state index contributed by atoms with van der Waals surface area (Å²) < 4.78 is 32.2. The first-order valence-corrected chi connectivity index (χ1v) is 18.9. The SMILES string of the molecule is CC/C=C\C/C=C\C/C=C\C/C=C\CCCCCCCCCCC(=O)OC(COC(C)=O)COP(=O)(O)OC1C(O)C(O)C(O)C(O)C1O. The lowest BCUT2D eigenvalue weighted by molar-refractivity contribution is -0.220. The summed E-state index contributed by atoms with van der Waals surface area (Å²) in [6.07, 6.45) is 17.6. The van der Waals surface area contributed by atoms with Crippen LogP contribution < -0.4 is 0 Å². The lowest BCUT2D eigenvalue weighted by Crippen LogP contribution is -2.64. The van der Waals surface area contributed by atoms with Crippen molar-refractivity contribution in [3.8, 4) is 0 Å². The molecule has 0 saturated heterocycles. The molecule has 1 aliphatic rings. The Morgan fingerprint density at radius 2 is 1.14 bits per heavy atom. The summed E-state index contributed by atoms with van der Waals surface area (Å²) in [5.41, 5.74) is 0. The molecule has 1 aliphatic carbocycles. The lowest BCUT2D eigenvalue weighted by Gasteiger charge is -2.41. The highest BCUT2D eigenvalue weighted by Gasteiger charge is 2.51. The van der Waals surface area contributed by atoms with Crippen molar-refractivity contribution >= 4 is 19.8 Å². The Labute approximate surface area is 290 Å². The van der Waals surface area contributed by atoms with Crippen LogP contribution in [0.2, 0.25) is 0 Å². The van der Waals surface area contributed by atoms with Gasteiger partial charge >= 0.3 is 19.8 Å². The monoisotopic (exact) mass is 718 g/mol. The molecule has 1 fully saturated rings. The Balaban J connectivity index is 2.23. The molecular weight excluding hydrogens is 659 g/mol. The third kappa shape index (κ3) is 20.9. The minimum Gasteiger partial charge on any atom is -0.462 e. The van der Waals surface area contributed by atoms with E-state index in [2.05, 4.69) is 55.5 Å². The van der Waals surface area contributed by atoms with Crippen LogP contribution in [0.3, 0.4) is 0 Å². The van der Waals surface area contributed by atoms with E-state index in [1.54, 1.807) is 0 Å². The highest BCUT2D eigenvalue weighted by Crippen LogP contribution is 2.47. The van der Waals surface area contributed by atoms with E-state index in [1.807, 2.05) is 0 Å². The Morgan fingerprint density at radius 1 is 0.673 bits per heavy atom. The van der Waals surface area contributed by atoms with Crippen LogP contribution in [0.25, 0.3) is 0 Å². The maximum atomic E-state index is 12.5. The molecule has 0 aromatic heterocycles. The van der Waals surface area contributed by atoms with Gasteiger partial charge in [0.1, 0.15) is 43.2 Å². The summed E-state index contributed by atoms with van der Waals surface area (Å²) >= 11 is 0. The lowest BCUT2D eigenvalue weighted by atomic mass is 9.85. The number of unbranched alkanes of at least 4 members (excludes halogenated alkanes) is 8. The first-order valence-electron chi connectivity index (χ1n) is 17.4. The van der Waals surface area contributed by atoms with Gasteiger partial charge in [0.25, 0.3) is 0 Å². The number of hydrogen-bond donors (Lipinski definition) is 6. The van der Waals surface area contributed by atoms with E-state index in [1.165, 1.54) is 6.42 Å². The summed E-state index contributed by atoms with van der Waals surface area (Å²) in [4.78, 5) is 33.8. The number of allylic oxidation sites excluding steroid dienone is 8. The second-order valence-corrected chi connectivity index (χ2v) is 13.5. The number of rotatable bonds is 26. The Kier molecular flexibility index (Phi) is 24.3. The maximum Gasteiger partial charge on any atom is 0.472 e. The quantitative estimate of drug-likeness (QED) is 0.0316. The molecule has 6 unspecified atom stereocenters. The average Bonchev–Trinajstić information content (AvgIpc) is 3.06. The minimum atomic E-state index is -5.08. The zero-order valence-electron chi connectivity index (χ0n) is 29.0. The van der Waals surface area contributed by atoms with Gasteiger partial charge in [-0.05, 0) is 44.9 Å². The number of hydrogen-bond acceptors (Lipinski definition) is 12. The number of ether oxygens (including phenoxy) is 2. The maximum absolute atomic E-state index is 12.5. The number of phosphoric ester groups is 1. The predicted molar refractivity (Wildman–Crippen MR) is 184 cm³/mol. The molecule has 0 heterocycles. The molecule has 0 amide bonds. The van der Waals surface area contributed by atoms with Gasteiger partial charge in [-0.2, -0.15) is 0 Å².